The lowest BCUT2D eigenvalue weighted by atomic mass is 10.2. The molecule has 0 bridgehead atoms. The Kier molecular flexibility index (Phi) is 8.20. The number of fused-ring (bicyclic) bond motifs is 1. The minimum Gasteiger partial charge on any atom is -0.497 e. The van der Waals surface area contributed by atoms with Crippen LogP contribution in [0.1, 0.15) is 45.1 Å². The maximum absolute atomic E-state index is 12.7. The van der Waals surface area contributed by atoms with Gasteiger partial charge in [0.15, 0.2) is 5.16 Å². The molecule has 1 atom stereocenters. The van der Waals surface area contributed by atoms with Gasteiger partial charge in [-0.1, -0.05) is 62.2 Å². The van der Waals surface area contributed by atoms with E-state index in [1.165, 1.54) is 31.0 Å². The van der Waals surface area contributed by atoms with Crippen LogP contribution in [0.5, 0.6) is 5.75 Å². The van der Waals surface area contributed by atoms with Gasteiger partial charge < -0.3 is 14.6 Å². The number of para-hydroxylation sites is 2. The Bertz CT molecular complexity index is 953. The lowest BCUT2D eigenvalue weighted by molar-refractivity contribution is -0.120. The van der Waals surface area contributed by atoms with Crippen LogP contribution in [-0.2, 0) is 17.9 Å². The van der Waals surface area contributed by atoms with Crippen molar-refractivity contribution in [3.05, 3.63) is 54.1 Å². The second-order valence-electron chi connectivity index (χ2n) is 7.42. The molecule has 0 fully saturated rings. The van der Waals surface area contributed by atoms with Gasteiger partial charge in [0.2, 0.25) is 5.91 Å². The fourth-order valence-corrected chi connectivity index (χ4v) is 4.32. The predicted octanol–water partition coefficient (Wildman–Crippen LogP) is 5.42. The number of hydrogen-bond acceptors (Lipinski definition) is 4. The molecule has 1 aromatic heterocycles. The molecular weight excluding hydrogens is 394 g/mol. The summed E-state index contributed by atoms with van der Waals surface area (Å²) < 4.78 is 7.44. The van der Waals surface area contributed by atoms with Crippen molar-refractivity contribution in [1.29, 1.82) is 0 Å². The molecule has 2 aromatic carbocycles. The molecule has 5 nitrogen and oxygen atoms in total. The Hall–Kier alpha value is -2.47. The lowest BCUT2D eigenvalue weighted by Crippen LogP contribution is -2.30. The first-order valence-corrected chi connectivity index (χ1v) is 11.5. The van der Waals surface area contributed by atoms with Crippen LogP contribution >= 0.6 is 11.8 Å². The average Bonchev–Trinajstić information content (AvgIpc) is 3.12. The van der Waals surface area contributed by atoms with E-state index in [2.05, 4.69) is 22.9 Å². The second kappa shape index (κ2) is 11.1. The number of benzene rings is 2. The van der Waals surface area contributed by atoms with E-state index in [1.807, 2.05) is 49.4 Å². The number of nitrogens with zero attached hydrogens (tertiary/aromatic N) is 2. The molecule has 0 aliphatic heterocycles. The van der Waals surface area contributed by atoms with Gasteiger partial charge in [-0.3, -0.25) is 4.79 Å². The van der Waals surface area contributed by atoms with Crippen molar-refractivity contribution < 1.29 is 9.53 Å². The molecule has 0 aliphatic rings. The summed E-state index contributed by atoms with van der Waals surface area (Å²) in [6, 6.07) is 15.9. The van der Waals surface area contributed by atoms with Crippen LogP contribution < -0.4 is 10.1 Å². The summed E-state index contributed by atoms with van der Waals surface area (Å²) >= 11 is 1.53. The van der Waals surface area contributed by atoms with Gasteiger partial charge in [0.25, 0.3) is 0 Å². The normalized spacial score (nSPS) is 12.1. The first-order valence-electron chi connectivity index (χ1n) is 10.6. The minimum absolute atomic E-state index is 0.0143. The molecular formula is C24H31N3O2S. The number of hydrogen-bond donors (Lipinski definition) is 1. The molecule has 1 N–H and O–H groups in total. The molecule has 6 heteroatoms. The minimum atomic E-state index is -0.227. The fourth-order valence-electron chi connectivity index (χ4n) is 3.34. The van der Waals surface area contributed by atoms with Gasteiger partial charge in [-0.25, -0.2) is 4.98 Å². The Balaban J connectivity index is 1.64. The Morgan fingerprint density at radius 1 is 1.13 bits per heavy atom. The van der Waals surface area contributed by atoms with Crippen molar-refractivity contribution in [3.8, 4) is 5.75 Å². The molecule has 160 valence electrons. The molecule has 0 spiro atoms. The predicted molar refractivity (Wildman–Crippen MR) is 124 cm³/mol. The molecule has 3 rings (SSSR count). The van der Waals surface area contributed by atoms with Crippen LogP contribution in [0.3, 0.4) is 0 Å². The SMILES string of the molecule is CCCCCCn1c(S[C@@H](C)C(=O)NCc2ccc(OC)cc2)nc2ccccc21. The summed E-state index contributed by atoms with van der Waals surface area (Å²) in [5.74, 6) is 0.826. The molecule has 30 heavy (non-hydrogen) atoms. The number of carbonyl (C=O) groups excluding carboxylic acids is 1. The Morgan fingerprint density at radius 2 is 1.90 bits per heavy atom. The third-order valence-electron chi connectivity index (χ3n) is 5.13. The summed E-state index contributed by atoms with van der Waals surface area (Å²) in [5, 5.41) is 3.72. The zero-order valence-electron chi connectivity index (χ0n) is 18.1. The number of aromatic nitrogens is 2. The van der Waals surface area contributed by atoms with Crippen LogP contribution in [0.2, 0.25) is 0 Å². The zero-order valence-corrected chi connectivity index (χ0v) is 18.9. The van der Waals surface area contributed by atoms with Crippen LogP contribution in [0.4, 0.5) is 0 Å². The fraction of sp³-hybridized carbons (Fsp3) is 0.417. The molecule has 3 aromatic rings. The summed E-state index contributed by atoms with van der Waals surface area (Å²) in [6.07, 6.45) is 4.81. The number of unbranched alkanes of at least 4 members (excludes halogenated alkanes) is 3. The Morgan fingerprint density at radius 3 is 2.63 bits per heavy atom. The quantitative estimate of drug-likeness (QED) is 0.329. The number of nitrogens with one attached hydrogen (secondary N) is 1. The number of rotatable bonds is 11. The van der Waals surface area contributed by atoms with Crippen molar-refractivity contribution in [2.75, 3.05) is 7.11 Å². The summed E-state index contributed by atoms with van der Waals surface area (Å²) in [4.78, 5) is 17.5. The highest BCUT2D eigenvalue weighted by atomic mass is 32.2. The van der Waals surface area contributed by atoms with E-state index in [9.17, 15) is 4.79 Å². The number of aryl methyl sites for hydroxylation is 1. The second-order valence-corrected chi connectivity index (χ2v) is 8.73. The topological polar surface area (TPSA) is 56.2 Å². The van der Waals surface area contributed by atoms with Gasteiger partial charge >= 0.3 is 0 Å². The summed E-state index contributed by atoms with van der Waals surface area (Å²) in [6.45, 7) is 5.60. The highest BCUT2D eigenvalue weighted by Crippen LogP contribution is 2.28. The van der Waals surface area contributed by atoms with Gasteiger partial charge in [0, 0.05) is 13.1 Å². The highest BCUT2D eigenvalue weighted by molar-refractivity contribution is 8.00. The highest BCUT2D eigenvalue weighted by Gasteiger charge is 2.19. The molecule has 0 radical (unpaired) electrons. The smallest absolute Gasteiger partial charge is 0.233 e. The number of thioether (sulfide) groups is 1. The maximum atomic E-state index is 12.7. The van der Waals surface area contributed by atoms with Gasteiger partial charge in [-0.05, 0) is 43.2 Å². The summed E-state index contributed by atoms with van der Waals surface area (Å²) in [5.41, 5.74) is 3.17. The largest absolute Gasteiger partial charge is 0.497 e. The van der Waals surface area contributed by atoms with Gasteiger partial charge in [0.1, 0.15) is 5.75 Å². The molecule has 0 saturated carbocycles. The molecule has 0 unspecified atom stereocenters. The molecule has 0 saturated heterocycles. The van der Waals surface area contributed by atoms with Crippen molar-refractivity contribution in [2.45, 2.75) is 63.0 Å². The van der Waals surface area contributed by atoms with E-state index >= 15 is 0 Å². The maximum Gasteiger partial charge on any atom is 0.233 e. The monoisotopic (exact) mass is 425 g/mol. The van der Waals surface area contributed by atoms with Crippen molar-refractivity contribution in [2.24, 2.45) is 0 Å². The van der Waals surface area contributed by atoms with Crippen LogP contribution in [0.15, 0.2) is 53.7 Å². The lowest BCUT2D eigenvalue weighted by Gasteiger charge is -2.14. The van der Waals surface area contributed by atoms with Crippen molar-refractivity contribution in [3.63, 3.8) is 0 Å². The first kappa shape index (κ1) is 22.2. The number of carbonyl (C=O) groups is 1. The van der Waals surface area contributed by atoms with Crippen LogP contribution in [0, 0.1) is 0 Å². The third-order valence-corrected chi connectivity index (χ3v) is 6.22. The zero-order chi connectivity index (χ0) is 21.3. The van der Waals surface area contributed by atoms with Crippen molar-refractivity contribution in [1.82, 2.24) is 14.9 Å². The van der Waals surface area contributed by atoms with E-state index in [-0.39, 0.29) is 11.2 Å². The van der Waals surface area contributed by atoms with Gasteiger partial charge in [-0.15, -0.1) is 0 Å². The van der Waals surface area contributed by atoms with E-state index in [0.29, 0.717) is 6.54 Å². The molecule has 1 heterocycles. The standard InChI is InChI=1S/C24H31N3O2S/c1-4-5-6-9-16-27-22-11-8-7-10-21(22)26-24(27)30-18(2)23(28)25-17-19-12-14-20(29-3)15-13-19/h7-8,10-15,18H,4-6,9,16-17H2,1-3H3,(H,25,28)/t18-/m0/s1. The number of amides is 1. The van der Waals surface area contributed by atoms with Crippen molar-refractivity contribution >= 4 is 28.7 Å². The average molecular weight is 426 g/mol. The van der Waals surface area contributed by atoms with Crippen LogP contribution in [0.25, 0.3) is 11.0 Å². The molecule has 0 aliphatic carbocycles. The molecule has 1 amide bonds. The van der Waals surface area contributed by atoms with Crippen LogP contribution in [-0.4, -0.2) is 27.8 Å². The van der Waals surface area contributed by atoms with E-state index in [1.54, 1.807) is 7.11 Å². The van der Waals surface area contributed by atoms with E-state index in [0.717, 1.165) is 40.5 Å². The Labute approximate surface area is 183 Å². The number of imidazole rings is 1. The number of methoxy groups -OCH3 is 1. The summed E-state index contributed by atoms with van der Waals surface area (Å²) in [7, 11) is 1.65. The van der Waals surface area contributed by atoms with Gasteiger partial charge in [0.05, 0.1) is 23.4 Å². The number of ether oxygens (including phenoxy) is 1. The third kappa shape index (κ3) is 5.79. The van der Waals surface area contributed by atoms with E-state index in [4.69, 9.17) is 9.72 Å². The van der Waals surface area contributed by atoms with E-state index < -0.39 is 0 Å². The van der Waals surface area contributed by atoms with Gasteiger partial charge in [-0.2, -0.15) is 0 Å². The first-order chi connectivity index (χ1) is 14.6.